The SMILES string of the molecule is O=C1OCCN1c1onc2ccccc12. The van der Waals surface area contributed by atoms with Crippen molar-refractivity contribution in [3.63, 3.8) is 0 Å². The van der Waals surface area contributed by atoms with Gasteiger partial charge in [0.15, 0.2) is 0 Å². The van der Waals surface area contributed by atoms with Crippen molar-refractivity contribution < 1.29 is 14.1 Å². The van der Waals surface area contributed by atoms with Crippen molar-refractivity contribution in [2.75, 3.05) is 18.1 Å². The molecule has 0 atom stereocenters. The molecule has 1 aromatic carbocycles. The van der Waals surface area contributed by atoms with Crippen LogP contribution in [0, 0.1) is 0 Å². The molecule has 2 heterocycles. The summed E-state index contributed by atoms with van der Waals surface area (Å²) in [6.45, 7) is 0.909. The molecule has 1 fully saturated rings. The van der Waals surface area contributed by atoms with Crippen molar-refractivity contribution in [3.05, 3.63) is 24.3 Å². The minimum absolute atomic E-state index is 0.378. The number of carbonyl (C=O) groups excluding carboxylic acids is 1. The number of hydrogen-bond donors (Lipinski definition) is 0. The van der Waals surface area contributed by atoms with Gasteiger partial charge in [0.1, 0.15) is 12.1 Å². The molecule has 1 saturated heterocycles. The fourth-order valence-electron chi connectivity index (χ4n) is 1.65. The minimum Gasteiger partial charge on any atom is -0.447 e. The van der Waals surface area contributed by atoms with Gasteiger partial charge in [-0.1, -0.05) is 17.3 Å². The largest absolute Gasteiger partial charge is 0.447 e. The number of cyclic esters (lactones) is 1. The van der Waals surface area contributed by atoms with E-state index < -0.39 is 0 Å². The van der Waals surface area contributed by atoms with Gasteiger partial charge in [-0.2, -0.15) is 0 Å². The van der Waals surface area contributed by atoms with Crippen LogP contribution in [0.4, 0.5) is 10.7 Å². The second-order valence-corrected chi connectivity index (χ2v) is 3.27. The van der Waals surface area contributed by atoms with E-state index in [1.165, 1.54) is 4.90 Å². The molecule has 2 aromatic rings. The summed E-state index contributed by atoms with van der Waals surface area (Å²) in [5.74, 6) is 0.466. The molecular weight excluding hydrogens is 196 g/mol. The van der Waals surface area contributed by atoms with Crippen LogP contribution in [0.3, 0.4) is 0 Å². The molecule has 15 heavy (non-hydrogen) atoms. The summed E-state index contributed by atoms with van der Waals surface area (Å²) in [4.78, 5) is 12.8. The van der Waals surface area contributed by atoms with Gasteiger partial charge < -0.3 is 9.26 Å². The summed E-state index contributed by atoms with van der Waals surface area (Å²) in [5, 5.41) is 4.70. The van der Waals surface area contributed by atoms with Gasteiger partial charge in [-0.25, -0.2) is 9.69 Å². The third-order valence-corrected chi connectivity index (χ3v) is 2.37. The van der Waals surface area contributed by atoms with Gasteiger partial charge in [0, 0.05) is 0 Å². The van der Waals surface area contributed by atoms with Gasteiger partial charge in [-0.3, -0.25) is 0 Å². The Morgan fingerprint density at radius 3 is 3.00 bits per heavy atom. The van der Waals surface area contributed by atoms with Crippen molar-refractivity contribution in [2.24, 2.45) is 0 Å². The third-order valence-electron chi connectivity index (χ3n) is 2.37. The standard InChI is InChI=1S/C10H8N2O3/c13-10-12(5-6-14-10)9-7-3-1-2-4-8(7)11-15-9/h1-4H,5-6H2. The van der Waals surface area contributed by atoms with Crippen LogP contribution in [0.1, 0.15) is 0 Å². The van der Waals surface area contributed by atoms with Gasteiger partial charge >= 0.3 is 6.09 Å². The lowest BCUT2D eigenvalue weighted by Crippen LogP contribution is -2.22. The fraction of sp³-hybridized carbons (Fsp3) is 0.200. The highest BCUT2D eigenvalue weighted by Gasteiger charge is 2.28. The number of rotatable bonds is 1. The van der Waals surface area contributed by atoms with Crippen LogP contribution < -0.4 is 4.90 Å². The first kappa shape index (κ1) is 8.28. The zero-order valence-electron chi connectivity index (χ0n) is 7.84. The molecule has 1 amide bonds. The molecule has 0 N–H and O–H groups in total. The minimum atomic E-state index is -0.378. The lowest BCUT2D eigenvalue weighted by molar-refractivity contribution is 0.180. The van der Waals surface area contributed by atoms with Crippen LogP contribution in [0.25, 0.3) is 10.9 Å². The molecule has 0 bridgehead atoms. The van der Waals surface area contributed by atoms with E-state index in [1.54, 1.807) is 0 Å². The average Bonchev–Trinajstić information content (AvgIpc) is 2.83. The lowest BCUT2D eigenvalue weighted by atomic mass is 10.2. The van der Waals surface area contributed by atoms with Crippen molar-refractivity contribution in [2.45, 2.75) is 0 Å². The first-order valence-electron chi connectivity index (χ1n) is 4.65. The molecule has 5 heteroatoms. The molecule has 1 aliphatic rings. The first-order valence-corrected chi connectivity index (χ1v) is 4.65. The van der Waals surface area contributed by atoms with Gasteiger partial charge in [-0.05, 0) is 12.1 Å². The van der Waals surface area contributed by atoms with E-state index in [0.29, 0.717) is 19.0 Å². The number of nitrogens with zero attached hydrogens (tertiary/aromatic N) is 2. The maximum absolute atomic E-state index is 11.3. The Morgan fingerprint density at radius 1 is 1.33 bits per heavy atom. The van der Waals surface area contributed by atoms with Crippen LogP contribution in [-0.4, -0.2) is 24.4 Å². The molecule has 3 rings (SSSR count). The first-order chi connectivity index (χ1) is 7.36. The molecule has 76 valence electrons. The molecule has 0 spiro atoms. The summed E-state index contributed by atoms with van der Waals surface area (Å²) in [5.41, 5.74) is 0.743. The van der Waals surface area contributed by atoms with E-state index in [9.17, 15) is 4.79 Å². The summed E-state index contributed by atoms with van der Waals surface area (Å²) in [7, 11) is 0. The smallest absolute Gasteiger partial charge is 0.416 e. The van der Waals surface area contributed by atoms with E-state index in [2.05, 4.69) is 5.16 Å². The van der Waals surface area contributed by atoms with E-state index in [1.807, 2.05) is 24.3 Å². The topological polar surface area (TPSA) is 55.6 Å². The highest BCUT2D eigenvalue weighted by molar-refractivity contribution is 5.98. The van der Waals surface area contributed by atoms with Crippen LogP contribution in [-0.2, 0) is 4.74 Å². The number of ether oxygens (including phenoxy) is 1. The number of fused-ring (bicyclic) bond motifs is 1. The van der Waals surface area contributed by atoms with Gasteiger partial charge in [0.25, 0.3) is 0 Å². The predicted molar refractivity (Wildman–Crippen MR) is 52.7 cm³/mol. The molecule has 1 aromatic heterocycles. The van der Waals surface area contributed by atoms with Crippen LogP contribution in [0.15, 0.2) is 28.8 Å². The van der Waals surface area contributed by atoms with E-state index in [-0.39, 0.29) is 6.09 Å². The number of amides is 1. The lowest BCUT2D eigenvalue weighted by Gasteiger charge is -2.06. The maximum Gasteiger partial charge on any atom is 0.416 e. The molecule has 0 radical (unpaired) electrons. The Hall–Kier alpha value is -2.04. The van der Waals surface area contributed by atoms with Crippen molar-refractivity contribution >= 4 is 22.9 Å². The van der Waals surface area contributed by atoms with Gasteiger partial charge in [0.05, 0.1) is 11.9 Å². The molecule has 5 nitrogen and oxygen atoms in total. The molecule has 0 saturated carbocycles. The Bertz CT molecular complexity index is 520. The monoisotopic (exact) mass is 204 g/mol. The normalized spacial score (nSPS) is 16.0. The Kier molecular flexibility index (Phi) is 1.65. The van der Waals surface area contributed by atoms with Crippen LogP contribution >= 0.6 is 0 Å². The number of hydrogen-bond acceptors (Lipinski definition) is 4. The quantitative estimate of drug-likeness (QED) is 0.710. The second kappa shape index (κ2) is 2.98. The fourth-order valence-corrected chi connectivity index (χ4v) is 1.65. The van der Waals surface area contributed by atoms with Crippen molar-refractivity contribution in [3.8, 4) is 0 Å². The molecular formula is C10H8N2O3. The second-order valence-electron chi connectivity index (χ2n) is 3.27. The van der Waals surface area contributed by atoms with E-state index >= 15 is 0 Å². The Labute approximate surface area is 85.2 Å². The zero-order valence-corrected chi connectivity index (χ0v) is 7.84. The average molecular weight is 204 g/mol. The van der Waals surface area contributed by atoms with Gasteiger partial charge in [0.2, 0.25) is 5.88 Å². The predicted octanol–water partition coefficient (Wildman–Crippen LogP) is 1.78. The summed E-state index contributed by atoms with van der Waals surface area (Å²) >= 11 is 0. The summed E-state index contributed by atoms with van der Waals surface area (Å²) in [6.07, 6.45) is -0.378. The van der Waals surface area contributed by atoms with E-state index in [4.69, 9.17) is 9.26 Å². The van der Waals surface area contributed by atoms with Crippen LogP contribution in [0.5, 0.6) is 0 Å². The molecule has 1 aliphatic heterocycles. The summed E-state index contributed by atoms with van der Waals surface area (Å²) in [6, 6.07) is 7.46. The van der Waals surface area contributed by atoms with Crippen molar-refractivity contribution in [1.82, 2.24) is 5.16 Å². The highest BCUT2D eigenvalue weighted by Crippen LogP contribution is 2.28. The van der Waals surface area contributed by atoms with E-state index in [0.717, 1.165) is 10.9 Å². The highest BCUT2D eigenvalue weighted by atomic mass is 16.6. The summed E-state index contributed by atoms with van der Waals surface area (Å²) < 4.78 is 9.98. The number of carbonyl (C=O) groups is 1. The number of anilines is 1. The molecule has 0 aliphatic carbocycles. The van der Waals surface area contributed by atoms with Gasteiger partial charge in [-0.15, -0.1) is 0 Å². The molecule has 0 unspecified atom stereocenters. The Balaban J connectivity index is 2.14. The number of benzene rings is 1. The van der Waals surface area contributed by atoms with Crippen molar-refractivity contribution in [1.29, 1.82) is 0 Å². The Morgan fingerprint density at radius 2 is 2.20 bits per heavy atom. The third kappa shape index (κ3) is 1.16. The maximum atomic E-state index is 11.3. The zero-order chi connectivity index (χ0) is 10.3. The van der Waals surface area contributed by atoms with Crippen LogP contribution in [0.2, 0.25) is 0 Å². The number of aromatic nitrogens is 1.